The van der Waals surface area contributed by atoms with E-state index in [-0.39, 0.29) is 31.2 Å². The van der Waals surface area contributed by atoms with Crippen molar-refractivity contribution in [2.24, 2.45) is 0 Å². The summed E-state index contributed by atoms with van der Waals surface area (Å²) >= 11 is 0. The van der Waals surface area contributed by atoms with E-state index in [2.05, 4.69) is 15.6 Å². The van der Waals surface area contributed by atoms with Crippen molar-refractivity contribution in [2.75, 3.05) is 16.8 Å². The molecule has 0 aliphatic carbocycles. The van der Waals surface area contributed by atoms with Gasteiger partial charge in [0.05, 0.1) is 0 Å². The minimum Gasteiger partial charge on any atom is -0.350 e. The van der Waals surface area contributed by atoms with Gasteiger partial charge in [0.25, 0.3) is 0 Å². The van der Waals surface area contributed by atoms with Crippen LogP contribution in [0.1, 0.15) is 40.0 Å². The van der Waals surface area contributed by atoms with Gasteiger partial charge >= 0.3 is 0 Å². The molecule has 0 radical (unpaired) electrons. The van der Waals surface area contributed by atoms with E-state index in [9.17, 15) is 18.8 Å². The molecule has 0 atom stereocenters. The van der Waals surface area contributed by atoms with Crippen molar-refractivity contribution in [1.82, 2.24) is 10.3 Å². The van der Waals surface area contributed by atoms with Crippen LogP contribution in [-0.4, -0.2) is 34.8 Å². The molecule has 0 bridgehead atoms. The zero-order valence-electron chi connectivity index (χ0n) is 17.4. The molecule has 0 aliphatic heterocycles. The highest BCUT2D eigenvalue weighted by molar-refractivity contribution is 6.01. The van der Waals surface area contributed by atoms with Crippen molar-refractivity contribution in [2.45, 2.75) is 45.6 Å². The molecule has 0 saturated heterocycles. The minimum absolute atomic E-state index is 0.0742. The van der Waals surface area contributed by atoms with Crippen molar-refractivity contribution in [3.63, 3.8) is 0 Å². The zero-order valence-corrected chi connectivity index (χ0v) is 17.4. The van der Waals surface area contributed by atoms with Gasteiger partial charge in [0, 0.05) is 30.3 Å². The molecule has 8 heteroatoms. The van der Waals surface area contributed by atoms with E-state index < -0.39 is 17.3 Å². The average Bonchev–Trinajstić information content (AvgIpc) is 2.71. The van der Waals surface area contributed by atoms with Gasteiger partial charge in [0.1, 0.15) is 18.2 Å². The highest BCUT2D eigenvalue weighted by Gasteiger charge is 2.24. The van der Waals surface area contributed by atoms with Crippen LogP contribution in [0.4, 0.5) is 15.9 Å². The third-order valence-electron chi connectivity index (χ3n) is 4.60. The van der Waals surface area contributed by atoms with E-state index in [0.717, 1.165) is 6.42 Å². The molecule has 1 aromatic carbocycles. The Morgan fingerprint density at radius 1 is 1.03 bits per heavy atom. The number of nitrogens with one attached hydrogen (secondary N) is 2. The van der Waals surface area contributed by atoms with Crippen LogP contribution < -0.4 is 15.5 Å². The van der Waals surface area contributed by atoms with Crippen LogP contribution in [0.15, 0.2) is 48.7 Å². The highest BCUT2D eigenvalue weighted by atomic mass is 19.1. The van der Waals surface area contributed by atoms with E-state index in [1.165, 1.54) is 29.2 Å². The van der Waals surface area contributed by atoms with E-state index in [1.54, 1.807) is 24.4 Å². The van der Waals surface area contributed by atoms with Crippen LogP contribution in [0.5, 0.6) is 0 Å². The van der Waals surface area contributed by atoms with Crippen LogP contribution >= 0.6 is 0 Å². The normalized spacial score (nSPS) is 10.9. The maximum atomic E-state index is 13.3. The summed E-state index contributed by atoms with van der Waals surface area (Å²) in [5.41, 5.74) is -0.0343. The number of pyridine rings is 1. The van der Waals surface area contributed by atoms with E-state index >= 15 is 0 Å². The molecule has 0 unspecified atom stereocenters. The van der Waals surface area contributed by atoms with Gasteiger partial charge in [-0.2, -0.15) is 0 Å². The smallest absolute Gasteiger partial charge is 0.240 e. The molecule has 2 rings (SSSR count). The molecule has 2 aromatic rings. The van der Waals surface area contributed by atoms with Crippen molar-refractivity contribution < 1.29 is 18.8 Å². The lowest BCUT2D eigenvalue weighted by Gasteiger charge is -2.28. The molecule has 0 saturated carbocycles. The first-order chi connectivity index (χ1) is 14.2. The molecule has 3 amide bonds. The average molecular weight is 414 g/mol. The first kappa shape index (κ1) is 23.0. The van der Waals surface area contributed by atoms with Gasteiger partial charge in [-0.1, -0.05) is 13.0 Å². The molecule has 0 fully saturated rings. The van der Waals surface area contributed by atoms with Crippen LogP contribution in [0.2, 0.25) is 0 Å². The Kier molecular flexibility index (Phi) is 8.03. The first-order valence-corrected chi connectivity index (χ1v) is 9.78. The number of carbonyl (C=O) groups is 3. The van der Waals surface area contributed by atoms with Gasteiger partial charge in [-0.25, -0.2) is 9.37 Å². The summed E-state index contributed by atoms with van der Waals surface area (Å²) in [5.74, 6) is -1.17. The number of aromatic nitrogens is 1. The summed E-state index contributed by atoms with van der Waals surface area (Å²) in [6.07, 6.45) is 2.08. The summed E-state index contributed by atoms with van der Waals surface area (Å²) < 4.78 is 13.3. The quantitative estimate of drug-likeness (QED) is 0.659. The molecule has 1 aromatic heterocycles. The highest BCUT2D eigenvalue weighted by Crippen LogP contribution is 2.17. The maximum absolute atomic E-state index is 13.3. The molecular weight excluding hydrogens is 387 g/mol. The lowest BCUT2D eigenvalue weighted by molar-refractivity contribution is -0.125. The molecular formula is C22H27FN4O3. The third kappa shape index (κ3) is 7.27. The van der Waals surface area contributed by atoms with Crippen molar-refractivity contribution in [1.29, 1.82) is 0 Å². The summed E-state index contributed by atoms with van der Waals surface area (Å²) in [6, 6.07) is 10.4. The van der Waals surface area contributed by atoms with Gasteiger partial charge in [-0.15, -0.1) is 0 Å². The van der Waals surface area contributed by atoms with Crippen molar-refractivity contribution >= 4 is 29.2 Å². The molecule has 0 aliphatic rings. The van der Waals surface area contributed by atoms with E-state index in [0.29, 0.717) is 11.5 Å². The number of benzene rings is 1. The zero-order chi connectivity index (χ0) is 22.1. The first-order valence-electron chi connectivity index (χ1n) is 9.78. The van der Waals surface area contributed by atoms with Gasteiger partial charge in [-0.05, 0) is 56.7 Å². The van der Waals surface area contributed by atoms with Gasteiger partial charge in [0.2, 0.25) is 17.7 Å². The fourth-order valence-electron chi connectivity index (χ4n) is 2.59. The molecule has 160 valence electrons. The summed E-state index contributed by atoms with van der Waals surface area (Å²) in [6.45, 7) is 5.49. The van der Waals surface area contributed by atoms with Gasteiger partial charge in [0.15, 0.2) is 0 Å². The standard InChI is InChI=1S/C22H27FN4O3/c1-4-22(2,3)26-20(29)15-27(17-10-8-16(23)9-11-17)21(30)13-12-19(28)25-18-7-5-6-14-24-18/h5-11,14H,4,12-13,15H2,1-3H3,(H,26,29)(H,24,25,28). The lowest BCUT2D eigenvalue weighted by Crippen LogP contribution is -2.48. The Morgan fingerprint density at radius 2 is 1.73 bits per heavy atom. The van der Waals surface area contributed by atoms with Crippen LogP contribution in [0.3, 0.4) is 0 Å². The summed E-state index contributed by atoms with van der Waals surface area (Å²) in [4.78, 5) is 42.7. The largest absolute Gasteiger partial charge is 0.350 e. The molecule has 7 nitrogen and oxygen atoms in total. The molecule has 30 heavy (non-hydrogen) atoms. The van der Waals surface area contributed by atoms with Crippen LogP contribution in [0.25, 0.3) is 0 Å². The Morgan fingerprint density at radius 3 is 2.33 bits per heavy atom. The number of amides is 3. The third-order valence-corrected chi connectivity index (χ3v) is 4.60. The summed E-state index contributed by atoms with van der Waals surface area (Å²) in [7, 11) is 0. The Bertz CT molecular complexity index is 870. The van der Waals surface area contributed by atoms with Gasteiger partial charge in [-0.3, -0.25) is 14.4 Å². The Hall–Kier alpha value is -3.29. The molecule has 2 N–H and O–H groups in total. The lowest BCUT2D eigenvalue weighted by atomic mass is 10.0. The summed E-state index contributed by atoms with van der Waals surface area (Å²) in [5, 5.41) is 5.49. The number of carbonyl (C=O) groups excluding carboxylic acids is 3. The fraction of sp³-hybridized carbons (Fsp3) is 0.364. The van der Waals surface area contributed by atoms with E-state index in [4.69, 9.17) is 0 Å². The minimum atomic E-state index is -0.447. The fourth-order valence-corrected chi connectivity index (χ4v) is 2.59. The van der Waals surface area contributed by atoms with Crippen molar-refractivity contribution in [3.8, 4) is 0 Å². The number of hydrogen-bond donors (Lipinski definition) is 2. The predicted octanol–water partition coefficient (Wildman–Crippen LogP) is 3.28. The maximum Gasteiger partial charge on any atom is 0.240 e. The molecule has 0 spiro atoms. The number of hydrogen-bond acceptors (Lipinski definition) is 4. The number of nitrogens with zero attached hydrogens (tertiary/aromatic N) is 2. The van der Waals surface area contributed by atoms with Crippen LogP contribution in [0, 0.1) is 5.82 Å². The number of halogens is 1. The number of anilines is 2. The van der Waals surface area contributed by atoms with Crippen LogP contribution in [-0.2, 0) is 14.4 Å². The second kappa shape index (κ2) is 10.5. The molecule has 1 heterocycles. The van der Waals surface area contributed by atoms with Crippen molar-refractivity contribution in [3.05, 3.63) is 54.5 Å². The second-order valence-corrected chi connectivity index (χ2v) is 7.51. The SMILES string of the molecule is CCC(C)(C)NC(=O)CN(C(=O)CCC(=O)Nc1ccccn1)c1ccc(F)cc1. The Balaban J connectivity index is 2.05. The monoisotopic (exact) mass is 414 g/mol. The second-order valence-electron chi connectivity index (χ2n) is 7.51. The predicted molar refractivity (Wildman–Crippen MR) is 113 cm³/mol. The Labute approximate surface area is 175 Å². The number of rotatable bonds is 9. The van der Waals surface area contributed by atoms with Gasteiger partial charge < -0.3 is 15.5 Å². The topological polar surface area (TPSA) is 91.4 Å². The van der Waals surface area contributed by atoms with E-state index in [1.807, 2.05) is 20.8 Å².